The van der Waals surface area contributed by atoms with Crippen LogP contribution in [-0.2, 0) is 29.1 Å². The van der Waals surface area contributed by atoms with E-state index in [0.717, 1.165) is 28.8 Å². The van der Waals surface area contributed by atoms with Crippen molar-refractivity contribution < 1.29 is 9.59 Å². The van der Waals surface area contributed by atoms with Gasteiger partial charge in [0.15, 0.2) is 0 Å². The molecule has 190 valence electrons. The van der Waals surface area contributed by atoms with Crippen LogP contribution in [-0.4, -0.2) is 50.3 Å². The lowest BCUT2D eigenvalue weighted by Gasteiger charge is -2.28. The summed E-state index contributed by atoms with van der Waals surface area (Å²) in [7, 11) is 0. The SMILES string of the molecule is CC(C)N(Cc1ccccc1)C(=O)Cn1c(C2CC(=O)N(CCc3ccccc3)C2)nc2ccccc21. The van der Waals surface area contributed by atoms with Crippen LogP contribution < -0.4 is 0 Å². The number of imidazole rings is 1. The zero-order chi connectivity index (χ0) is 25.8. The lowest BCUT2D eigenvalue weighted by molar-refractivity contribution is -0.134. The first-order valence-electron chi connectivity index (χ1n) is 13.1. The molecular weight excluding hydrogens is 460 g/mol. The quantitative estimate of drug-likeness (QED) is 0.328. The Morgan fingerprint density at radius 1 is 0.946 bits per heavy atom. The fraction of sp³-hybridized carbons (Fsp3) is 0.323. The van der Waals surface area contributed by atoms with Gasteiger partial charge in [-0.05, 0) is 43.5 Å². The van der Waals surface area contributed by atoms with Crippen LogP contribution in [0.1, 0.15) is 43.1 Å². The molecule has 0 N–H and O–H groups in total. The zero-order valence-corrected chi connectivity index (χ0v) is 21.6. The normalized spacial score (nSPS) is 15.6. The van der Waals surface area contributed by atoms with Crippen LogP contribution >= 0.6 is 0 Å². The summed E-state index contributed by atoms with van der Waals surface area (Å²) in [6.07, 6.45) is 1.25. The molecule has 5 rings (SSSR count). The number of nitrogens with zero attached hydrogens (tertiary/aromatic N) is 4. The molecule has 0 spiro atoms. The van der Waals surface area contributed by atoms with Crippen LogP contribution in [0, 0.1) is 0 Å². The van der Waals surface area contributed by atoms with E-state index in [4.69, 9.17) is 4.98 Å². The van der Waals surface area contributed by atoms with E-state index in [-0.39, 0.29) is 30.3 Å². The van der Waals surface area contributed by atoms with E-state index in [9.17, 15) is 9.59 Å². The van der Waals surface area contributed by atoms with Crippen LogP contribution in [0.3, 0.4) is 0 Å². The lowest BCUT2D eigenvalue weighted by atomic mass is 10.1. The van der Waals surface area contributed by atoms with Gasteiger partial charge in [0.1, 0.15) is 12.4 Å². The minimum absolute atomic E-state index is 0.0369. The van der Waals surface area contributed by atoms with Crippen LogP contribution in [0.5, 0.6) is 0 Å². The summed E-state index contributed by atoms with van der Waals surface area (Å²) in [6, 6.07) is 28.3. The predicted molar refractivity (Wildman–Crippen MR) is 146 cm³/mol. The maximum absolute atomic E-state index is 13.7. The molecule has 3 aromatic carbocycles. The van der Waals surface area contributed by atoms with E-state index in [1.165, 1.54) is 5.56 Å². The minimum Gasteiger partial charge on any atom is -0.342 e. The molecule has 6 heteroatoms. The van der Waals surface area contributed by atoms with Crippen LogP contribution in [0.15, 0.2) is 84.9 Å². The summed E-state index contributed by atoms with van der Waals surface area (Å²) < 4.78 is 2.04. The van der Waals surface area contributed by atoms with Crippen molar-refractivity contribution >= 4 is 22.8 Å². The van der Waals surface area contributed by atoms with Crippen LogP contribution in [0.25, 0.3) is 11.0 Å². The molecule has 0 aliphatic carbocycles. The number of carbonyl (C=O) groups is 2. The highest BCUT2D eigenvalue weighted by Gasteiger charge is 2.34. The number of rotatable bonds is 9. The molecule has 1 aromatic heterocycles. The van der Waals surface area contributed by atoms with Crippen molar-refractivity contribution in [3.8, 4) is 0 Å². The van der Waals surface area contributed by atoms with Crippen molar-refractivity contribution in [2.24, 2.45) is 0 Å². The second kappa shape index (κ2) is 11.0. The number of likely N-dealkylation sites (tertiary alicyclic amines) is 1. The number of carbonyl (C=O) groups excluding carboxylic acids is 2. The first kappa shape index (κ1) is 24.8. The number of benzene rings is 3. The van der Waals surface area contributed by atoms with Crippen molar-refractivity contribution in [2.75, 3.05) is 13.1 Å². The van der Waals surface area contributed by atoms with Crippen molar-refractivity contribution in [3.63, 3.8) is 0 Å². The molecule has 1 atom stereocenters. The maximum Gasteiger partial charge on any atom is 0.243 e. The largest absolute Gasteiger partial charge is 0.342 e. The Kier molecular flexibility index (Phi) is 7.35. The molecule has 1 aliphatic rings. The van der Waals surface area contributed by atoms with E-state index in [2.05, 4.69) is 24.3 Å². The highest BCUT2D eigenvalue weighted by Crippen LogP contribution is 2.31. The summed E-state index contributed by atoms with van der Waals surface area (Å²) in [5, 5.41) is 0. The van der Waals surface area contributed by atoms with Gasteiger partial charge in [-0.15, -0.1) is 0 Å². The third kappa shape index (κ3) is 5.58. The molecule has 4 aromatic rings. The molecule has 1 saturated heterocycles. The Bertz CT molecular complexity index is 1360. The summed E-state index contributed by atoms with van der Waals surface area (Å²) >= 11 is 0. The number of hydrogen-bond donors (Lipinski definition) is 0. The number of hydrogen-bond acceptors (Lipinski definition) is 3. The smallest absolute Gasteiger partial charge is 0.243 e. The summed E-state index contributed by atoms with van der Waals surface area (Å²) in [6.45, 7) is 6.18. The molecule has 1 fully saturated rings. The van der Waals surface area contributed by atoms with Gasteiger partial charge < -0.3 is 14.4 Å². The number of fused-ring (bicyclic) bond motifs is 1. The Labute approximate surface area is 218 Å². The first-order valence-corrected chi connectivity index (χ1v) is 13.1. The van der Waals surface area contributed by atoms with Gasteiger partial charge in [-0.25, -0.2) is 4.98 Å². The molecule has 1 unspecified atom stereocenters. The number of amides is 2. The van der Waals surface area contributed by atoms with Gasteiger partial charge in [0.2, 0.25) is 11.8 Å². The molecule has 2 heterocycles. The molecule has 2 amide bonds. The van der Waals surface area contributed by atoms with E-state index >= 15 is 0 Å². The maximum atomic E-state index is 13.7. The van der Waals surface area contributed by atoms with Gasteiger partial charge in [-0.3, -0.25) is 9.59 Å². The highest BCUT2D eigenvalue weighted by atomic mass is 16.2. The molecule has 0 bridgehead atoms. The first-order chi connectivity index (χ1) is 18.0. The monoisotopic (exact) mass is 494 g/mol. The standard InChI is InChI=1S/C31H34N4O2/c1-23(2)34(20-25-13-7-4-8-14-25)30(37)22-35-28-16-10-9-15-27(28)32-31(35)26-19-29(36)33(21-26)18-17-24-11-5-3-6-12-24/h3-16,23,26H,17-22H2,1-2H3. The van der Waals surface area contributed by atoms with Gasteiger partial charge in [-0.1, -0.05) is 72.8 Å². The third-order valence-corrected chi connectivity index (χ3v) is 7.21. The zero-order valence-electron chi connectivity index (χ0n) is 21.6. The molecule has 6 nitrogen and oxygen atoms in total. The van der Waals surface area contributed by atoms with Crippen molar-refractivity contribution in [2.45, 2.75) is 51.7 Å². The number of aromatic nitrogens is 2. The van der Waals surface area contributed by atoms with E-state index in [1.807, 2.05) is 88.9 Å². The summed E-state index contributed by atoms with van der Waals surface area (Å²) in [5.74, 6) is 0.992. The Morgan fingerprint density at radius 3 is 2.30 bits per heavy atom. The molecule has 1 aliphatic heterocycles. The summed E-state index contributed by atoms with van der Waals surface area (Å²) in [5.41, 5.74) is 4.13. The van der Waals surface area contributed by atoms with Gasteiger partial charge >= 0.3 is 0 Å². The van der Waals surface area contributed by atoms with Crippen molar-refractivity contribution in [3.05, 3.63) is 102 Å². The van der Waals surface area contributed by atoms with Crippen molar-refractivity contribution in [1.29, 1.82) is 0 Å². The Hall–Kier alpha value is -3.93. The fourth-order valence-corrected chi connectivity index (χ4v) is 5.21. The van der Waals surface area contributed by atoms with Crippen LogP contribution in [0.4, 0.5) is 0 Å². The van der Waals surface area contributed by atoms with Gasteiger partial charge in [-0.2, -0.15) is 0 Å². The molecule has 37 heavy (non-hydrogen) atoms. The van der Waals surface area contributed by atoms with Crippen LogP contribution in [0.2, 0.25) is 0 Å². The predicted octanol–water partition coefficient (Wildman–Crippen LogP) is 5.03. The summed E-state index contributed by atoms with van der Waals surface area (Å²) in [4.78, 5) is 35.4. The molecule has 0 saturated carbocycles. The third-order valence-electron chi connectivity index (χ3n) is 7.21. The molecule has 0 radical (unpaired) electrons. The Morgan fingerprint density at radius 2 is 1.59 bits per heavy atom. The van der Waals surface area contributed by atoms with E-state index in [1.54, 1.807) is 0 Å². The van der Waals surface area contributed by atoms with Gasteiger partial charge in [0.25, 0.3) is 0 Å². The van der Waals surface area contributed by atoms with Gasteiger partial charge in [0, 0.05) is 38.0 Å². The Balaban J connectivity index is 1.37. The topological polar surface area (TPSA) is 58.4 Å². The molecular formula is C31H34N4O2. The number of para-hydroxylation sites is 2. The van der Waals surface area contributed by atoms with E-state index < -0.39 is 0 Å². The fourth-order valence-electron chi connectivity index (χ4n) is 5.21. The lowest BCUT2D eigenvalue weighted by Crippen LogP contribution is -2.39. The van der Waals surface area contributed by atoms with Gasteiger partial charge in [0.05, 0.1) is 11.0 Å². The average molecular weight is 495 g/mol. The second-order valence-corrected chi connectivity index (χ2v) is 10.1. The minimum atomic E-state index is -0.0369. The van der Waals surface area contributed by atoms with E-state index in [0.29, 0.717) is 26.1 Å². The highest BCUT2D eigenvalue weighted by molar-refractivity contribution is 5.83. The average Bonchev–Trinajstić information content (AvgIpc) is 3.47. The van der Waals surface area contributed by atoms with Crippen molar-refractivity contribution in [1.82, 2.24) is 19.4 Å². The second-order valence-electron chi connectivity index (χ2n) is 10.1.